The van der Waals surface area contributed by atoms with Crippen molar-refractivity contribution in [3.8, 4) is 0 Å². The molecule has 4 nitrogen and oxygen atoms in total. The van der Waals surface area contributed by atoms with Crippen molar-refractivity contribution in [2.75, 3.05) is 0 Å². The van der Waals surface area contributed by atoms with Crippen LogP contribution in [0.3, 0.4) is 0 Å². The second kappa shape index (κ2) is 4.70. The van der Waals surface area contributed by atoms with Crippen LogP contribution >= 0.6 is 0 Å². The lowest BCUT2D eigenvalue weighted by molar-refractivity contribution is 0.0625. The van der Waals surface area contributed by atoms with Gasteiger partial charge < -0.3 is 9.63 Å². The summed E-state index contributed by atoms with van der Waals surface area (Å²) in [5.74, 6) is 2.04. The van der Waals surface area contributed by atoms with Gasteiger partial charge in [-0.3, -0.25) is 0 Å². The quantitative estimate of drug-likeness (QED) is 0.911. The zero-order valence-electron chi connectivity index (χ0n) is 11.3. The molecular weight excluding hydrogens is 252 g/mol. The van der Waals surface area contributed by atoms with Crippen LogP contribution in [0.4, 0.5) is 0 Å². The van der Waals surface area contributed by atoms with Gasteiger partial charge >= 0.3 is 0 Å². The average Bonchev–Trinajstić information content (AvgIpc) is 2.92. The first-order valence-corrected chi connectivity index (χ1v) is 7.40. The summed E-state index contributed by atoms with van der Waals surface area (Å²) in [7, 11) is 0. The molecule has 1 heterocycles. The number of hydrogen-bond donors (Lipinski definition) is 1. The van der Waals surface area contributed by atoms with Gasteiger partial charge in [0.25, 0.3) is 0 Å². The predicted molar refractivity (Wildman–Crippen MR) is 73.5 cm³/mol. The number of aliphatic hydroxyl groups excluding tert-OH is 1. The molecule has 0 spiro atoms. The molecular formula is C16H18N2O2. The standard InChI is InChI=1S/C16H18N2O2/c19-12-8-11(9-12)16-17-15(18-20-16)14-7-3-5-10-4-1-2-6-13(10)14/h1-2,4,6,11-12,14,19H,3,5,7-9H2. The number of aryl methyl sites for hydroxylation is 1. The van der Waals surface area contributed by atoms with Crippen LogP contribution in [-0.2, 0) is 6.42 Å². The fourth-order valence-corrected chi connectivity index (χ4v) is 3.37. The zero-order chi connectivity index (χ0) is 13.5. The molecule has 1 atom stereocenters. The van der Waals surface area contributed by atoms with Crippen molar-refractivity contribution >= 4 is 0 Å². The summed E-state index contributed by atoms with van der Waals surface area (Å²) in [6.45, 7) is 0. The summed E-state index contributed by atoms with van der Waals surface area (Å²) < 4.78 is 5.41. The number of nitrogens with zero attached hydrogens (tertiary/aromatic N) is 2. The van der Waals surface area contributed by atoms with E-state index >= 15 is 0 Å². The summed E-state index contributed by atoms with van der Waals surface area (Å²) >= 11 is 0. The molecule has 1 saturated carbocycles. The monoisotopic (exact) mass is 270 g/mol. The van der Waals surface area contributed by atoms with Crippen molar-refractivity contribution in [3.05, 3.63) is 47.1 Å². The number of rotatable bonds is 2. The number of hydrogen-bond acceptors (Lipinski definition) is 4. The minimum Gasteiger partial charge on any atom is -0.393 e. The van der Waals surface area contributed by atoms with Crippen molar-refractivity contribution in [1.82, 2.24) is 10.1 Å². The van der Waals surface area contributed by atoms with Gasteiger partial charge in [-0.1, -0.05) is 29.4 Å². The van der Waals surface area contributed by atoms with E-state index in [1.807, 2.05) is 0 Å². The molecule has 104 valence electrons. The van der Waals surface area contributed by atoms with Gasteiger partial charge in [-0.15, -0.1) is 0 Å². The second-order valence-corrected chi connectivity index (χ2v) is 5.96. The molecule has 1 aromatic carbocycles. The highest BCUT2D eigenvalue weighted by Crippen LogP contribution is 2.39. The summed E-state index contributed by atoms with van der Waals surface area (Å²) in [5, 5.41) is 13.6. The molecule has 0 bridgehead atoms. The van der Waals surface area contributed by atoms with Crippen molar-refractivity contribution < 1.29 is 9.63 Å². The van der Waals surface area contributed by atoms with Gasteiger partial charge in [0.1, 0.15) is 0 Å². The summed E-state index contributed by atoms with van der Waals surface area (Å²) in [4.78, 5) is 4.60. The highest BCUT2D eigenvalue weighted by Gasteiger charge is 2.34. The van der Waals surface area contributed by atoms with E-state index in [1.54, 1.807) is 0 Å². The van der Waals surface area contributed by atoms with E-state index in [2.05, 4.69) is 34.4 Å². The third kappa shape index (κ3) is 1.95. The maximum atomic E-state index is 9.38. The third-order valence-corrected chi connectivity index (χ3v) is 4.60. The van der Waals surface area contributed by atoms with Crippen LogP contribution in [0.5, 0.6) is 0 Å². The van der Waals surface area contributed by atoms with Crippen molar-refractivity contribution in [2.45, 2.75) is 50.0 Å². The van der Waals surface area contributed by atoms with Gasteiger partial charge in [0, 0.05) is 11.8 Å². The molecule has 4 rings (SSSR count). The van der Waals surface area contributed by atoms with Crippen LogP contribution < -0.4 is 0 Å². The smallest absolute Gasteiger partial charge is 0.229 e. The average molecular weight is 270 g/mol. The van der Waals surface area contributed by atoms with E-state index < -0.39 is 0 Å². The normalized spacial score (nSPS) is 28.8. The largest absolute Gasteiger partial charge is 0.393 e. The van der Waals surface area contributed by atoms with Gasteiger partial charge in [0.2, 0.25) is 5.89 Å². The summed E-state index contributed by atoms with van der Waals surface area (Å²) in [6, 6.07) is 8.56. The molecule has 1 unspecified atom stereocenters. The molecule has 2 aliphatic rings. The molecule has 1 fully saturated rings. The lowest BCUT2D eigenvalue weighted by Crippen LogP contribution is -2.26. The lowest BCUT2D eigenvalue weighted by Gasteiger charge is -2.27. The Morgan fingerprint density at radius 3 is 2.90 bits per heavy atom. The fourth-order valence-electron chi connectivity index (χ4n) is 3.37. The van der Waals surface area contributed by atoms with Gasteiger partial charge in [0.05, 0.1) is 6.10 Å². The molecule has 0 aliphatic heterocycles. The highest BCUT2D eigenvalue weighted by atomic mass is 16.5. The van der Waals surface area contributed by atoms with Crippen LogP contribution in [0.25, 0.3) is 0 Å². The zero-order valence-corrected chi connectivity index (χ0v) is 11.3. The Balaban J connectivity index is 1.62. The van der Waals surface area contributed by atoms with E-state index in [1.165, 1.54) is 17.5 Å². The van der Waals surface area contributed by atoms with Gasteiger partial charge in [-0.05, 0) is 43.2 Å². The van der Waals surface area contributed by atoms with E-state index in [-0.39, 0.29) is 17.9 Å². The molecule has 0 saturated heterocycles. The van der Waals surface area contributed by atoms with Crippen LogP contribution in [-0.4, -0.2) is 21.4 Å². The minimum absolute atomic E-state index is 0.189. The maximum Gasteiger partial charge on any atom is 0.229 e. The molecule has 0 radical (unpaired) electrons. The molecule has 2 aliphatic carbocycles. The molecule has 20 heavy (non-hydrogen) atoms. The Morgan fingerprint density at radius 2 is 2.05 bits per heavy atom. The van der Waals surface area contributed by atoms with Crippen molar-refractivity contribution in [3.63, 3.8) is 0 Å². The van der Waals surface area contributed by atoms with Crippen molar-refractivity contribution in [1.29, 1.82) is 0 Å². The van der Waals surface area contributed by atoms with Crippen LogP contribution in [0.15, 0.2) is 28.8 Å². The van der Waals surface area contributed by atoms with Gasteiger partial charge in [0.15, 0.2) is 5.82 Å². The number of aliphatic hydroxyl groups is 1. The molecule has 2 aromatic rings. The van der Waals surface area contributed by atoms with Crippen molar-refractivity contribution in [2.24, 2.45) is 0 Å². The van der Waals surface area contributed by atoms with E-state index in [0.29, 0.717) is 5.89 Å². The predicted octanol–water partition coefficient (Wildman–Crippen LogP) is 2.78. The molecule has 1 aromatic heterocycles. The minimum atomic E-state index is -0.189. The topological polar surface area (TPSA) is 59.2 Å². The maximum absolute atomic E-state index is 9.38. The Labute approximate surface area is 117 Å². The first kappa shape index (κ1) is 12.1. The molecule has 0 amide bonds. The number of fused-ring (bicyclic) bond motifs is 1. The number of aromatic nitrogens is 2. The fraction of sp³-hybridized carbons (Fsp3) is 0.500. The second-order valence-electron chi connectivity index (χ2n) is 5.96. The van der Waals surface area contributed by atoms with Crippen LogP contribution in [0.1, 0.15) is 60.4 Å². The lowest BCUT2D eigenvalue weighted by atomic mass is 9.81. The Hall–Kier alpha value is -1.68. The van der Waals surface area contributed by atoms with Gasteiger partial charge in [-0.25, -0.2) is 0 Å². The first-order valence-electron chi connectivity index (χ1n) is 7.40. The highest BCUT2D eigenvalue weighted by molar-refractivity contribution is 5.36. The van der Waals surface area contributed by atoms with E-state index in [0.717, 1.165) is 31.5 Å². The first-order chi connectivity index (χ1) is 9.81. The summed E-state index contributed by atoms with van der Waals surface area (Å²) in [6.07, 6.45) is 4.72. The Kier molecular flexibility index (Phi) is 2.84. The van der Waals surface area contributed by atoms with Crippen LogP contribution in [0, 0.1) is 0 Å². The molecule has 4 heteroatoms. The SMILES string of the molecule is OC1CC(c2nc(C3CCCc4ccccc43)no2)C1. The van der Waals surface area contributed by atoms with Crippen LogP contribution in [0.2, 0.25) is 0 Å². The third-order valence-electron chi connectivity index (χ3n) is 4.60. The van der Waals surface area contributed by atoms with Gasteiger partial charge in [-0.2, -0.15) is 4.98 Å². The Morgan fingerprint density at radius 1 is 1.20 bits per heavy atom. The number of benzene rings is 1. The van der Waals surface area contributed by atoms with E-state index in [9.17, 15) is 5.11 Å². The molecule has 1 N–H and O–H groups in total. The van der Waals surface area contributed by atoms with E-state index in [4.69, 9.17) is 4.52 Å². The Bertz CT molecular complexity index is 616. The summed E-state index contributed by atoms with van der Waals surface area (Å²) in [5.41, 5.74) is 2.76.